The third-order valence-corrected chi connectivity index (χ3v) is 3.89. The number of carbonyl (C=O) groups is 1. The van der Waals surface area contributed by atoms with E-state index in [1.165, 1.54) is 17.4 Å². The lowest BCUT2D eigenvalue weighted by Gasteiger charge is -2.26. The fourth-order valence-corrected chi connectivity index (χ4v) is 3.04. The van der Waals surface area contributed by atoms with Crippen LogP contribution in [0.3, 0.4) is 0 Å². The molecular weight excluding hydrogens is 239 g/mol. The Morgan fingerprint density at radius 3 is 3.12 bits per heavy atom. The average Bonchev–Trinajstić information content (AvgIpc) is 2.75. The number of carbonyl (C=O) groups excluding carboxylic acids is 1. The van der Waals surface area contributed by atoms with Crippen LogP contribution in [0.25, 0.3) is 10.1 Å². The summed E-state index contributed by atoms with van der Waals surface area (Å²) in [5, 5.41) is 5.46. The summed E-state index contributed by atoms with van der Waals surface area (Å²) in [6, 6.07) is 4.88. The van der Waals surface area contributed by atoms with E-state index in [-0.39, 0.29) is 11.8 Å². The normalized spacial score (nSPS) is 16.3. The number of hydrogen-bond donors (Lipinski definition) is 1. The fourth-order valence-electron chi connectivity index (χ4n) is 2.08. The van der Waals surface area contributed by atoms with Crippen LogP contribution in [0.4, 0.5) is 14.9 Å². The second kappa shape index (κ2) is 4.00. The number of nitrogens with one attached hydrogen (secondary N) is 1. The zero-order chi connectivity index (χ0) is 11.8. The number of anilines is 1. The Balaban J connectivity index is 2.11. The van der Waals surface area contributed by atoms with Gasteiger partial charge in [0.25, 0.3) is 0 Å². The molecule has 0 unspecified atom stereocenters. The van der Waals surface area contributed by atoms with Gasteiger partial charge in [-0.15, -0.1) is 11.3 Å². The van der Waals surface area contributed by atoms with Crippen molar-refractivity contribution in [2.24, 2.45) is 0 Å². The average molecular weight is 250 g/mol. The van der Waals surface area contributed by atoms with Gasteiger partial charge in [0.15, 0.2) is 0 Å². The largest absolute Gasteiger partial charge is 0.338 e. The predicted molar refractivity (Wildman–Crippen MR) is 67.1 cm³/mol. The lowest BCUT2D eigenvalue weighted by Crippen LogP contribution is -2.46. The number of halogens is 1. The van der Waals surface area contributed by atoms with E-state index in [2.05, 4.69) is 5.32 Å². The first-order valence-electron chi connectivity index (χ1n) is 5.48. The summed E-state index contributed by atoms with van der Waals surface area (Å²) in [6.45, 7) is 1.40. The molecule has 0 atom stereocenters. The van der Waals surface area contributed by atoms with Crippen molar-refractivity contribution in [2.75, 3.05) is 18.0 Å². The first-order valence-corrected chi connectivity index (χ1v) is 6.36. The maximum absolute atomic E-state index is 13.6. The van der Waals surface area contributed by atoms with Crippen molar-refractivity contribution < 1.29 is 9.18 Å². The van der Waals surface area contributed by atoms with Gasteiger partial charge >= 0.3 is 6.03 Å². The standard InChI is InChI=1S/C12H11FN2OS/c13-9-4-1-3-8-10(7-17-11(8)9)15-6-2-5-14-12(15)16/h1,3-4,7H,2,5-6H2,(H,14,16). The van der Waals surface area contributed by atoms with Gasteiger partial charge in [0, 0.05) is 23.9 Å². The van der Waals surface area contributed by atoms with E-state index in [1.54, 1.807) is 11.0 Å². The Bertz CT molecular complexity index is 581. The second-order valence-corrected chi connectivity index (χ2v) is 4.85. The van der Waals surface area contributed by atoms with E-state index >= 15 is 0 Å². The molecule has 0 bridgehead atoms. The van der Waals surface area contributed by atoms with Crippen molar-refractivity contribution in [3.05, 3.63) is 29.4 Å². The van der Waals surface area contributed by atoms with E-state index in [4.69, 9.17) is 0 Å². The Labute approximate surface area is 102 Å². The minimum Gasteiger partial charge on any atom is -0.338 e. The van der Waals surface area contributed by atoms with Crippen molar-refractivity contribution in [1.82, 2.24) is 5.32 Å². The number of nitrogens with zero attached hydrogens (tertiary/aromatic N) is 1. The van der Waals surface area contributed by atoms with Crippen molar-refractivity contribution in [3.63, 3.8) is 0 Å². The van der Waals surface area contributed by atoms with E-state index in [0.29, 0.717) is 17.8 Å². The summed E-state index contributed by atoms with van der Waals surface area (Å²) >= 11 is 1.34. The summed E-state index contributed by atoms with van der Waals surface area (Å²) in [5.41, 5.74) is 0.807. The van der Waals surface area contributed by atoms with Crippen molar-refractivity contribution >= 4 is 33.1 Å². The zero-order valence-corrected chi connectivity index (χ0v) is 9.89. The molecule has 88 valence electrons. The molecule has 2 aromatic rings. The Morgan fingerprint density at radius 1 is 1.41 bits per heavy atom. The molecule has 2 heterocycles. The van der Waals surface area contributed by atoms with Crippen LogP contribution in [-0.4, -0.2) is 19.1 Å². The van der Waals surface area contributed by atoms with Crippen LogP contribution < -0.4 is 10.2 Å². The maximum Gasteiger partial charge on any atom is 0.321 e. The number of hydrogen-bond acceptors (Lipinski definition) is 2. The van der Waals surface area contributed by atoms with Gasteiger partial charge in [-0.2, -0.15) is 0 Å². The number of thiophene rings is 1. The van der Waals surface area contributed by atoms with Crippen LogP contribution in [-0.2, 0) is 0 Å². The molecule has 0 radical (unpaired) electrons. The summed E-state index contributed by atoms with van der Waals surface area (Å²) in [6.07, 6.45) is 0.915. The van der Waals surface area contributed by atoms with Crippen LogP contribution in [0.1, 0.15) is 6.42 Å². The van der Waals surface area contributed by atoms with Crippen LogP contribution in [0.15, 0.2) is 23.6 Å². The Kier molecular flexibility index (Phi) is 2.48. The highest BCUT2D eigenvalue weighted by Crippen LogP contribution is 2.35. The topological polar surface area (TPSA) is 32.3 Å². The van der Waals surface area contributed by atoms with Gasteiger partial charge < -0.3 is 5.32 Å². The molecule has 1 saturated heterocycles. The monoisotopic (exact) mass is 250 g/mol. The molecule has 1 aromatic carbocycles. The quantitative estimate of drug-likeness (QED) is 0.829. The molecular formula is C12H11FN2OS. The van der Waals surface area contributed by atoms with Crippen LogP contribution >= 0.6 is 11.3 Å². The highest BCUT2D eigenvalue weighted by Gasteiger charge is 2.22. The zero-order valence-electron chi connectivity index (χ0n) is 9.07. The molecule has 5 heteroatoms. The first kappa shape index (κ1) is 10.5. The first-order chi connectivity index (χ1) is 8.27. The van der Waals surface area contributed by atoms with Crippen LogP contribution in [0.5, 0.6) is 0 Å². The highest BCUT2D eigenvalue weighted by atomic mass is 32.1. The van der Waals surface area contributed by atoms with Gasteiger partial charge in [-0.3, -0.25) is 4.90 Å². The molecule has 0 spiro atoms. The Hall–Kier alpha value is -1.62. The number of fused-ring (bicyclic) bond motifs is 1. The SMILES string of the molecule is O=C1NCCCN1c1csc2c(F)cccc12. The van der Waals surface area contributed by atoms with E-state index in [9.17, 15) is 9.18 Å². The van der Waals surface area contributed by atoms with Crippen molar-refractivity contribution in [1.29, 1.82) is 0 Å². The molecule has 3 rings (SSSR count). The van der Waals surface area contributed by atoms with Crippen LogP contribution in [0.2, 0.25) is 0 Å². The predicted octanol–water partition coefficient (Wildman–Crippen LogP) is 2.96. The third kappa shape index (κ3) is 1.67. The summed E-state index contributed by atoms with van der Waals surface area (Å²) < 4.78 is 14.2. The number of benzene rings is 1. The molecule has 1 aliphatic rings. The maximum atomic E-state index is 13.6. The van der Waals surface area contributed by atoms with Gasteiger partial charge in [0.05, 0.1) is 10.4 Å². The molecule has 1 aliphatic heterocycles. The van der Waals surface area contributed by atoms with Gasteiger partial charge in [-0.05, 0) is 12.5 Å². The van der Waals surface area contributed by atoms with E-state index in [1.807, 2.05) is 11.4 Å². The lowest BCUT2D eigenvalue weighted by molar-refractivity contribution is 0.243. The molecule has 1 fully saturated rings. The second-order valence-electron chi connectivity index (χ2n) is 3.97. The molecule has 2 amide bonds. The molecule has 0 aliphatic carbocycles. The van der Waals surface area contributed by atoms with Crippen molar-refractivity contribution in [3.8, 4) is 0 Å². The van der Waals surface area contributed by atoms with Crippen molar-refractivity contribution in [2.45, 2.75) is 6.42 Å². The van der Waals surface area contributed by atoms with Gasteiger partial charge in [-0.1, -0.05) is 12.1 Å². The minimum absolute atomic E-state index is 0.0970. The minimum atomic E-state index is -0.226. The molecule has 1 N–H and O–H groups in total. The Morgan fingerprint density at radius 2 is 2.29 bits per heavy atom. The molecule has 3 nitrogen and oxygen atoms in total. The molecule has 0 saturated carbocycles. The summed E-state index contributed by atoms with van der Waals surface area (Å²) in [5.74, 6) is -0.226. The van der Waals surface area contributed by atoms with E-state index < -0.39 is 0 Å². The number of urea groups is 1. The fraction of sp³-hybridized carbons (Fsp3) is 0.250. The molecule has 17 heavy (non-hydrogen) atoms. The molecule has 1 aromatic heterocycles. The number of amides is 2. The van der Waals surface area contributed by atoms with Gasteiger partial charge in [0.2, 0.25) is 0 Å². The lowest BCUT2D eigenvalue weighted by atomic mass is 10.2. The highest BCUT2D eigenvalue weighted by molar-refractivity contribution is 7.17. The smallest absolute Gasteiger partial charge is 0.321 e. The van der Waals surface area contributed by atoms with E-state index in [0.717, 1.165) is 17.5 Å². The number of rotatable bonds is 1. The third-order valence-electron chi connectivity index (χ3n) is 2.90. The summed E-state index contributed by atoms with van der Waals surface area (Å²) in [4.78, 5) is 13.4. The van der Waals surface area contributed by atoms with Gasteiger partial charge in [0.1, 0.15) is 5.82 Å². The van der Waals surface area contributed by atoms with Gasteiger partial charge in [-0.25, -0.2) is 9.18 Å². The summed E-state index contributed by atoms with van der Waals surface area (Å²) in [7, 11) is 0. The van der Waals surface area contributed by atoms with Crippen LogP contribution in [0, 0.1) is 5.82 Å².